The molecule has 1 atom stereocenters. The van der Waals surface area contributed by atoms with Crippen LogP contribution in [0.2, 0.25) is 0 Å². The summed E-state index contributed by atoms with van der Waals surface area (Å²) >= 11 is 0. The van der Waals surface area contributed by atoms with E-state index in [4.69, 9.17) is 4.74 Å². The van der Waals surface area contributed by atoms with E-state index in [1.54, 1.807) is 11.8 Å². The molecule has 5 nitrogen and oxygen atoms in total. The lowest BCUT2D eigenvalue weighted by Gasteiger charge is -2.24. The Balaban J connectivity index is 1.93. The first-order valence-corrected chi connectivity index (χ1v) is 7.37. The topological polar surface area (TPSA) is 66.8 Å². The van der Waals surface area contributed by atoms with E-state index in [0.717, 1.165) is 38.8 Å². The number of hydrogen-bond acceptors (Lipinski definition) is 4. The van der Waals surface area contributed by atoms with Crippen molar-refractivity contribution in [2.75, 3.05) is 13.1 Å². The Kier molecular flexibility index (Phi) is 5.20. The van der Waals surface area contributed by atoms with E-state index < -0.39 is 12.1 Å². The molecule has 1 aliphatic rings. The van der Waals surface area contributed by atoms with Gasteiger partial charge in [-0.1, -0.05) is 12.8 Å². The maximum atomic E-state index is 12.3. The molecule has 114 valence electrons. The smallest absolute Gasteiger partial charge is 0.338 e. The molecule has 1 heterocycles. The minimum absolute atomic E-state index is 0.0836. The fourth-order valence-corrected chi connectivity index (χ4v) is 2.42. The molecule has 0 aliphatic carbocycles. The molecule has 1 fully saturated rings. The predicted molar refractivity (Wildman–Crippen MR) is 78.0 cm³/mol. The van der Waals surface area contributed by atoms with Crippen LogP contribution in [0.5, 0.6) is 5.75 Å². The van der Waals surface area contributed by atoms with E-state index in [2.05, 4.69) is 0 Å². The Labute approximate surface area is 124 Å². The van der Waals surface area contributed by atoms with Crippen LogP contribution in [0.3, 0.4) is 0 Å². The zero-order valence-electron chi connectivity index (χ0n) is 12.2. The third kappa shape index (κ3) is 4.21. The molecule has 1 N–H and O–H groups in total. The van der Waals surface area contributed by atoms with Crippen molar-refractivity contribution in [3.8, 4) is 5.75 Å². The van der Waals surface area contributed by atoms with Gasteiger partial charge in [0.15, 0.2) is 6.10 Å². The SMILES string of the molecule is C[C@H](OC(=O)c1ccc(O)cc1)C(=O)N1CCCCCC1. The quantitative estimate of drug-likeness (QED) is 0.868. The first kappa shape index (κ1) is 15.4. The van der Waals surface area contributed by atoms with Crippen LogP contribution in [-0.2, 0) is 9.53 Å². The van der Waals surface area contributed by atoms with Crippen LogP contribution in [0.4, 0.5) is 0 Å². The summed E-state index contributed by atoms with van der Waals surface area (Å²) in [7, 11) is 0. The third-order valence-electron chi connectivity index (χ3n) is 3.65. The number of rotatable bonds is 3. The van der Waals surface area contributed by atoms with Crippen molar-refractivity contribution in [1.82, 2.24) is 4.90 Å². The van der Waals surface area contributed by atoms with Gasteiger partial charge in [0, 0.05) is 13.1 Å². The minimum atomic E-state index is -0.788. The molecular weight excluding hydrogens is 270 g/mol. The maximum Gasteiger partial charge on any atom is 0.338 e. The number of esters is 1. The molecule has 0 aromatic heterocycles. The van der Waals surface area contributed by atoms with Crippen LogP contribution in [0.25, 0.3) is 0 Å². The van der Waals surface area contributed by atoms with Gasteiger partial charge >= 0.3 is 5.97 Å². The number of likely N-dealkylation sites (tertiary alicyclic amines) is 1. The Hall–Kier alpha value is -2.04. The molecule has 2 rings (SSSR count). The zero-order chi connectivity index (χ0) is 15.2. The Bertz CT molecular complexity index is 490. The van der Waals surface area contributed by atoms with Crippen molar-refractivity contribution in [3.05, 3.63) is 29.8 Å². The highest BCUT2D eigenvalue weighted by Crippen LogP contribution is 2.14. The first-order chi connectivity index (χ1) is 10.1. The number of hydrogen-bond donors (Lipinski definition) is 1. The molecular formula is C16H21NO4. The van der Waals surface area contributed by atoms with Crippen molar-refractivity contribution in [2.24, 2.45) is 0 Å². The van der Waals surface area contributed by atoms with Crippen LogP contribution < -0.4 is 0 Å². The highest BCUT2D eigenvalue weighted by atomic mass is 16.5. The Morgan fingerprint density at radius 1 is 1.10 bits per heavy atom. The summed E-state index contributed by atoms with van der Waals surface area (Å²) in [4.78, 5) is 26.0. The van der Waals surface area contributed by atoms with E-state index in [1.807, 2.05) is 0 Å². The van der Waals surface area contributed by atoms with Crippen molar-refractivity contribution in [2.45, 2.75) is 38.7 Å². The van der Waals surface area contributed by atoms with Crippen LogP contribution >= 0.6 is 0 Å². The molecule has 0 unspecified atom stereocenters. The summed E-state index contributed by atoms with van der Waals surface area (Å²) in [6, 6.07) is 5.78. The summed E-state index contributed by atoms with van der Waals surface area (Å²) in [6.07, 6.45) is 3.51. The second-order valence-electron chi connectivity index (χ2n) is 5.33. The number of benzene rings is 1. The lowest BCUT2D eigenvalue weighted by Crippen LogP contribution is -2.40. The van der Waals surface area contributed by atoms with Crippen LogP contribution in [0, 0.1) is 0 Å². The van der Waals surface area contributed by atoms with Gasteiger partial charge in [-0.2, -0.15) is 0 Å². The number of carbonyl (C=O) groups is 2. The van der Waals surface area contributed by atoms with Crippen molar-refractivity contribution in [1.29, 1.82) is 0 Å². The van der Waals surface area contributed by atoms with E-state index in [-0.39, 0.29) is 11.7 Å². The Morgan fingerprint density at radius 2 is 1.67 bits per heavy atom. The molecule has 0 spiro atoms. The molecule has 0 saturated carbocycles. The van der Waals surface area contributed by atoms with Gasteiger partial charge < -0.3 is 14.7 Å². The minimum Gasteiger partial charge on any atom is -0.508 e. The fourth-order valence-electron chi connectivity index (χ4n) is 2.42. The fraction of sp³-hybridized carbons (Fsp3) is 0.500. The average molecular weight is 291 g/mol. The van der Waals surface area contributed by atoms with Gasteiger partial charge in [-0.3, -0.25) is 4.79 Å². The number of amides is 1. The lowest BCUT2D eigenvalue weighted by molar-refractivity contribution is -0.139. The van der Waals surface area contributed by atoms with Crippen LogP contribution in [0.1, 0.15) is 43.0 Å². The molecule has 21 heavy (non-hydrogen) atoms. The Morgan fingerprint density at radius 3 is 2.24 bits per heavy atom. The number of ether oxygens (including phenoxy) is 1. The maximum absolute atomic E-state index is 12.3. The molecule has 1 saturated heterocycles. The summed E-state index contributed by atoms with van der Waals surface area (Å²) in [5, 5.41) is 9.19. The lowest BCUT2D eigenvalue weighted by atomic mass is 10.2. The summed E-state index contributed by atoms with van der Waals surface area (Å²) in [5.74, 6) is -0.602. The molecule has 1 aliphatic heterocycles. The highest BCUT2D eigenvalue weighted by molar-refractivity contribution is 5.92. The van der Waals surface area contributed by atoms with Gasteiger partial charge in [-0.05, 0) is 44.0 Å². The van der Waals surface area contributed by atoms with Gasteiger partial charge in [-0.15, -0.1) is 0 Å². The van der Waals surface area contributed by atoms with E-state index in [1.165, 1.54) is 24.3 Å². The first-order valence-electron chi connectivity index (χ1n) is 7.37. The van der Waals surface area contributed by atoms with E-state index in [0.29, 0.717) is 5.56 Å². The number of carbonyl (C=O) groups excluding carboxylic acids is 2. The molecule has 1 aromatic carbocycles. The average Bonchev–Trinajstić information content (AvgIpc) is 2.76. The zero-order valence-corrected chi connectivity index (χ0v) is 12.2. The highest BCUT2D eigenvalue weighted by Gasteiger charge is 2.24. The van der Waals surface area contributed by atoms with E-state index in [9.17, 15) is 14.7 Å². The van der Waals surface area contributed by atoms with Crippen LogP contribution in [0.15, 0.2) is 24.3 Å². The number of phenols is 1. The monoisotopic (exact) mass is 291 g/mol. The normalized spacial score (nSPS) is 16.9. The summed E-state index contributed by atoms with van der Waals surface area (Å²) < 4.78 is 5.22. The third-order valence-corrected chi connectivity index (χ3v) is 3.65. The summed E-state index contributed by atoms with van der Waals surface area (Å²) in [5.41, 5.74) is 0.323. The number of nitrogens with zero attached hydrogens (tertiary/aromatic N) is 1. The van der Waals surface area contributed by atoms with Crippen molar-refractivity contribution in [3.63, 3.8) is 0 Å². The molecule has 0 radical (unpaired) electrons. The van der Waals surface area contributed by atoms with Gasteiger partial charge in [-0.25, -0.2) is 4.79 Å². The van der Waals surface area contributed by atoms with Gasteiger partial charge in [0.05, 0.1) is 5.56 Å². The predicted octanol–water partition coefficient (Wildman–Crippen LogP) is 2.34. The van der Waals surface area contributed by atoms with Crippen molar-refractivity contribution < 1.29 is 19.4 Å². The number of phenolic OH excluding ortho intramolecular Hbond substituents is 1. The van der Waals surface area contributed by atoms with Gasteiger partial charge in [0.25, 0.3) is 5.91 Å². The van der Waals surface area contributed by atoms with Crippen LogP contribution in [-0.4, -0.2) is 41.1 Å². The van der Waals surface area contributed by atoms with E-state index >= 15 is 0 Å². The summed E-state index contributed by atoms with van der Waals surface area (Å²) in [6.45, 7) is 3.07. The van der Waals surface area contributed by atoms with Crippen molar-refractivity contribution >= 4 is 11.9 Å². The van der Waals surface area contributed by atoms with Gasteiger partial charge in [0.1, 0.15) is 5.75 Å². The largest absolute Gasteiger partial charge is 0.508 e. The molecule has 5 heteroatoms. The second kappa shape index (κ2) is 7.11. The molecule has 0 bridgehead atoms. The number of aromatic hydroxyl groups is 1. The molecule has 1 aromatic rings. The second-order valence-corrected chi connectivity index (χ2v) is 5.33. The standard InChI is InChI=1S/C16H21NO4/c1-12(15(19)17-10-4-2-3-5-11-17)21-16(20)13-6-8-14(18)9-7-13/h6-9,12,18H,2-5,10-11H2,1H3/t12-/m0/s1. The van der Waals surface area contributed by atoms with Gasteiger partial charge in [0.2, 0.25) is 0 Å². The molecule has 1 amide bonds.